The van der Waals surface area contributed by atoms with Crippen LogP contribution < -0.4 is 4.72 Å². The molecule has 3 heterocycles. The molecule has 0 atom stereocenters. The standard InChI is InChI=1S/C41H43ClN6O7S2/c1-4-6-19-46(20-7-5-2)41(53)37-36(42)26(3)48(44-37)34-15-12-29(23-33(34)40(52)47-21-17-27-10-8-9-11-30(27)24-47)38(51)45-57(54,55)31-13-14-32-28(22-31)16-18-43-39(32)56-25-35(49)50/h8-16,18,22-23H,4-7,17,19-21,24-25H2,1-3H3,(H,45,51)(H,49,50). The van der Waals surface area contributed by atoms with Crippen LogP contribution >= 0.6 is 23.4 Å². The number of sulfonamides is 1. The number of fused-ring (bicyclic) bond motifs is 2. The highest BCUT2D eigenvalue weighted by Gasteiger charge is 2.30. The SMILES string of the molecule is CCCCN(CCCC)C(=O)c1nn(-c2ccc(C(=O)NS(=O)(=O)c3ccc4c(SCC(=O)O)nccc4c3)cc2C(=O)N2CCc3ccccc3C2)c(C)c1Cl. The molecule has 0 aliphatic carbocycles. The molecule has 0 spiro atoms. The molecule has 3 aromatic carbocycles. The third kappa shape index (κ3) is 9.16. The lowest BCUT2D eigenvalue weighted by Gasteiger charge is -2.29. The number of carboxylic acid groups (broad SMARTS) is 1. The van der Waals surface area contributed by atoms with E-state index in [-0.39, 0.29) is 44.1 Å². The fourth-order valence-electron chi connectivity index (χ4n) is 6.67. The number of aliphatic carboxylic acids is 1. The number of nitrogens with one attached hydrogen (secondary N) is 1. The van der Waals surface area contributed by atoms with Crippen molar-refractivity contribution in [2.75, 3.05) is 25.4 Å². The summed E-state index contributed by atoms with van der Waals surface area (Å²) in [6.45, 7) is 7.62. The molecule has 13 nitrogen and oxygen atoms in total. The zero-order valence-electron chi connectivity index (χ0n) is 31.8. The van der Waals surface area contributed by atoms with Crippen molar-refractivity contribution in [1.29, 1.82) is 0 Å². The number of aromatic nitrogens is 3. The summed E-state index contributed by atoms with van der Waals surface area (Å²) in [7, 11) is -4.42. The highest BCUT2D eigenvalue weighted by atomic mass is 35.5. The summed E-state index contributed by atoms with van der Waals surface area (Å²) in [6.07, 6.45) is 5.51. The van der Waals surface area contributed by atoms with E-state index in [2.05, 4.69) is 28.7 Å². The number of unbranched alkanes of at least 4 members (excludes halogenated alkanes) is 2. The molecule has 2 aromatic heterocycles. The lowest BCUT2D eigenvalue weighted by atomic mass is 9.98. The molecule has 1 aliphatic heterocycles. The van der Waals surface area contributed by atoms with Gasteiger partial charge in [0.1, 0.15) is 5.03 Å². The predicted molar refractivity (Wildman–Crippen MR) is 219 cm³/mol. The highest BCUT2D eigenvalue weighted by molar-refractivity contribution is 8.00. The Morgan fingerprint density at radius 2 is 1.68 bits per heavy atom. The van der Waals surface area contributed by atoms with Gasteiger partial charge in [0.25, 0.3) is 27.7 Å². The maximum absolute atomic E-state index is 14.5. The Morgan fingerprint density at radius 3 is 2.39 bits per heavy atom. The second kappa shape index (κ2) is 17.9. The highest BCUT2D eigenvalue weighted by Crippen LogP contribution is 2.30. The summed E-state index contributed by atoms with van der Waals surface area (Å²) in [5.41, 5.74) is 2.83. The van der Waals surface area contributed by atoms with E-state index in [1.165, 1.54) is 47.3 Å². The number of pyridine rings is 1. The molecule has 298 valence electrons. The summed E-state index contributed by atoms with van der Waals surface area (Å²) >= 11 is 7.82. The normalized spacial score (nSPS) is 12.7. The molecular weight excluding hydrogens is 788 g/mol. The summed E-state index contributed by atoms with van der Waals surface area (Å²) in [6, 6.07) is 17.9. The van der Waals surface area contributed by atoms with E-state index in [0.29, 0.717) is 54.1 Å². The Bertz CT molecular complexity index is 2460. The second-order valence-corrected chi connectivity index (χ2v) is 16.8. The van der Waals surface area contributed by atoms with Gasteiger partial charge in [0, 0.05) is 43.3 Å². The van der Waals surface area contributed by atoms with Gasteiger partial charge in [-0.3, -0.25) is 19.2 Å². The number of thioether (sulfide) groups is 1. The van der Waals surface area contributed by atoms with E-state index in [9.17, 15) is 27.6 Å². The van der Waals surface area contributed by atoms with Crippen molar-refractivity contribution in [2.45, 2.75) is 69.3 Å². The van der Waals surface area contributed by atoms with Gasteiger partial charge in [0.2, 0.25) is 0 Å². The Labute approximate surface area is 340 Å². The van der Waals surface area contributed by atoms with Crippen molar-refractivity contribution in [3.05, 3.63) is 112 Å². The molecule has 0 radical (unpaired) electrons. The molecule has 1 aliphatic rings. The lowest BCUT2D eigenvalue weighted by Crippen LogP contribution is -2.37. The van der Waals surface area contributed by atoms with Gasteiger partial charge in [0.05, 0.1) is 32.6 Å². The molecule has 0 bridgehead atoms. The smallest absolute Gasteiger partial charge is 0.313 e. The van der Waals surface area contributed by atoms with Crippen molar-refractivity contribution in [3.8, 4) is 5.69 Å². The number of carbonyl (C=O) groups excluding carboxylic acids is 3. The number of halogens is 1. The van der Waals surface area contributed by atoms with Gasteiger partial charge >= 0.3 is 5.97 Å². The van der Waals surface area contributed by atoms with Gasteiger partial charge in [-0.1, -0.05) is 80.4 Å². The van der Waals surface area contributed by atoms with Gasteiger partial charge in [0.15, 0.2) is 5.69 Å². The molecule has 5 aromatic rings. The zero-order valence-corrected chi connectivity index (χ0v) is 34.2. The first-order chi connectivity index (χ1) is 27.3. The van der Waals surface area contributed by atoms with Crippen LogP contribution in [0, 0.1) is 6.92 Å². The Kier molecular flexibility index (Phi) is 13.0. The minimum Gasteiger partial charge on any atom is -0.481 e. The molecule has 57 heavy (non-hydrogen) atoms. The molecule has 0 saturated heterocycles. The van der Waals surface area contributed by atoms with E-state index in [1.807, 2.05) is 24.3 Å². The minimum absolute atomic E-state index is 0.0540. The summed E-state index contributed by atoms with van der Waals surface area (Å²) in [4.78, 5) is 60.6. The number of carbonyl (C=O) groups is 4. The van der Waals surface area contributed by atoms with Crippen LogP contribution in [0.15, 0.2) is 82.8 Å². The summed E-state index contributed by atoms with van der Waals surface area (Å²) in [5, 5.41) is 15.4. The number of hydrogen-bond acceptors (Lipinski definition) is 9. The van der Waals surface area contributed by atoms with Gasteiger partial charge < -0.3 is 14.9 Å². The van der Waals surface area contributed by atoms with Crippen molar-refractivity contribution < 1.29 is 32.7 Å². The maximum Gasteiger partial charge on any atom is 0.313 e. The lowest BCUT2D eigenvalue weighted by molar-refractivity contribution is -0.133. The van der Waals surface area contributed by atoms with E-state index in [0.717, 1.165) is 48.6 Å². The number of benzene rings is 3. The van der Waals surface area contributed by atoms with Gasteiger partial charge in [-0.2, -0.15) is 5.10 Å². The molecule has 3 amide bonds. The Hall–Kier alpha value is -5.25. The second-order valence-electron chi connectivity index (χ2n) is 13.8. The van der Waals surface area contributed by atoms with Crippen molar-refractivity contribution >= 4 is 67.8 Å². The van der Waals surface area contributed by atoms with Crippen LogP contribution in [0.4, 0.5) is 0 Å². The van der Waals surface area contributed by atoms with Gasteiger partial charge in [-0.25, -0.2) is 22.8 Å². The van der Waals surface area contributed by atoms with Crippen LogP contribution in [-0.4, -0.2) is 87.2 Å². The third-order valence-corrected chi connectivity index (χ3v) is 12.6. The first kappa shape index (κ1) is 41.4. The summed E-state index contributed by atoms with van der Waals surface area (Å²) in [5.74, 6) is -2.94. The predicted octanol–water partition coefficient (Wildman–Crippen LogP) is 6.92. The number of amides is 3. The molecule has 0 fully saturated rings. The third-order valence-electron chi connectivity index (χ3n) is 9.80. The van der Waals surface area contributed by atoms with E-state index in [1.54, 1.807) is 22.8 Å². The molecule has 2 N–H and O–H groups in total. The van der Waals surface area contributed by atoms with Crippen molar-refractivity contribution in [2.24, 2.45) is 0 Å². The fraction of sp³-hybridized carbons (Fsp3) is 0.317. The zero-order chi connectivity index (χ0) is 40.9. The summed E-state index contributed by atoms with van der Waals surface area (Å²) < 4.78 is 30.8. The van der Waals surface area contributed by atoms with E-state index >= 15 is 0 Å². The van der Waals surface area contributed by atoms with Crippen LogP contribution in [0.3, 0.4) is 0 Å². The fourth-order valence-corrected chi connectivity index (χ4v) is 8.61. The molecule has 6 rings (SSSR count). The number of rotatable bonds is 15. The molecule has 0 unspecified atom stereocenters. The monoisotopic (exact) mass is 830 g/mol. The van der Waals surface area contributed by atoms with Crippen molar-refractivity contribution in [3.63, 3.8) is 0 Å². The van der Waals surface area contributed by atoms with Crippen LogP contribution in [0.2, 0.25) is 5.02 Å². The first-order valence-electron chi connectivity index (χ1n) is 18.7. The number of nitrogens with zero attached hydrogens (tertiary/aromatic N) is 5. The topological polar surface area (TPSA) is 172 Å². The average molecular weight is 831 g/mol. The van der Waals surface area contributed by atoms with Crippen LogP contribution in [0.5, 0.6) is 0 Å². The molecule has 0 saturated carbocycles. The Balaban J connectivity index is 1.35. The van der Waals surface area contributed by atoms with Gasteiger partial charge in [-0.15, -0.1) is 0 Å². The first-order valence-corrected chi connectivity index (χ1v) is 21.5. The van der Waals surface area contributed by atoms with Crippen LogP contribution in [0.1, 0.15) is 87.6 Å². The quantitative estimate of drug-likeness (QED) is 0.106. The minimum atomic E-state index is -4.42. The molecule has 16 heteroatoms. The molecular formula is C41H43ClN6O7S2. The van der Waals surface area contributed by atoms with Crippen molar-refractivity contribution in [1.82, 2.24) is 29.3 Å². The van der Waals surface area contributed by atoms with E-state index in [4.69, 9.17) is 16.7 Å². The number of hydrogen-bond donors (Lipinski definition) is 2. The van der Waals surface area contributed by atoms with Gasteiger partial charge in [-0.05, 0) is 79.1 Å². The Morgan fingerprint density at radius 1 is 0.965 bits per heavy atom. The average Bonchev–Trinajstić information content (AvgIpc) is 3.51. The number of carboxylic acids is 1. The van der Waals surface area contributed by atoms with E-state index < -0.39 is 27.8 Å². The maximum atomic E-state index is 14.5. The largest absolute Gasteiger partial charge is 0.481 e. The van der Waals surface area contributed by atoms with Crippen LogP contribution in [-0.2, 0) is 27.8 Å². The van der Waals surface area contributed by atoms with Crippen LogP contribution in [0.25, 0.3) is 16.5 Å².